The molecule has 0 bridgehead atoms. The summed E-state index contributed by atoms with van der Waals surface area (Å²) in [5, 5.41) is 6.82. The summed E-state index contributed by atoms with van der Waals surface area (Å²) in [5.74, 6) is 0.936. The number of hydrogen-bond acceptors (Lipinski definition) is 5. The maximum absolute atomic E-state index is 5.96. The fourth-order valence-electron chi connectivity index (χ4n) is 4.14. The highest BCUT2D eigenvalue weighted by molar-refractivity contribution is 7.09. The molecule has 1 spiro atoms. The van der Waals surface area contributed by atoms with Crippen LogP contribution in [0.1, 0.15) is 56.3 Å². The number of nitrogens with zero attached hydrogens (tertiary/aromatic N) is 3. The van der Waals surface area contributed by atoms with Crippen molar-refractivity contribution in [1.29, 1.82) is 0 Å². The van der Waals surface area contributed by atoms with Gasteiger partial charge in [0.05, 0.1) is 18.3 Å². The third-order valence-corrected chi connectivity index (χ3v) is 7.04. The number of aliphatic imine (C=N–C) groups is 1. The maximum Gasteiger partial charge on any atom is 0.193 e. The van der Waals surface area contributed by atoms with E-state index in [9.17, 15) is 0 Å². The number of hydrogen-bond donors (Lipinski definition) is 1. The fourth-order valence-corrected chi connectivity index (χ4v) is 4.98. The molecule has 2 aliphatic rings. The molecular formula is C19H32N4O2S. The lowest BCUT2D eigenvalue weighted by atomic mass is 9.51. The van der Waals surface area contributed by atoms with E-state index >= 15 is 0 Å². The lowest BCUT2D eigenvalue weighted by Gasteiger charge is -2.61. The summed E-state index contributed by atoms with van der Waals surface area (Å²) in [5.41, 5.74) is 1.38. The normalized spacial score (nSPS) is 25.5. The molecule has 3 atom stereocenters. The van der Waals surface area contributed by atoms with E-state index in [1.807, 2.05) is 14.0 Å². The molecule has 0 aliphatic heterocycles. The highest BCUT2D eigenvalue weighted by atomic mass is 32.1. The topological polar surface area (TPSA) is 59.0 Å². The zero-order chi connectivity index (χ0) is 18.7. The summed E-state index contributed by atoms with van der Waals surface area (Å²) in [4.78, 5) is 11.3. The molecule has 0 radical (unpaired) electrons. The van der Waals surface area contributed by atoms with Crippen molar-refractivity contribution in [3.63, 3.8) is 0 Å². The van der Waals surface area contributed by atoms with Crippen LogP contribution >= 0.6 is 11.3 Å². The van der Waals surface area contributed by atoms with E-state index in [4.69, 9.17) is 14.5 Å². The minimum Gasteiger partial charge on any atom is -0.378 e. The summed E-state index contributed by atoms with van der Waals surface area (Å²) < 4.78 is 11.3. The number of rotatable bonds is 7. The van der Waals surface area contributed by atoms with Crippen LogP contribution in [0.4, 0.5) is 0 Å². The lowest BCUT2D eigenvalue weighted by molar-refractivity contribution is -0.168. The molecule has 2 fully saturated rings. The van der Waals surface area contributed by atoms with Crippen molar-refractivity contribution < 1.29 is 9.47 Å². The minimum atomic E-state index is 0.0421. The maximum atomic E-state index is 5.96. The molecule has 0 saturated heterocycles. The fraction of sp³-hybridized carbons (Fsp3) is 0.789. The van der Waals surface area contributed by atoms with Gasteiger partial charge >= 0.3 is 0 Å². The Morgan fingerprint density at radius 2 is 2.31 bits per heavy atom. The monoisotopic (exact) mass is 380 g/mol. The number of methoxy groups -OCH3 is 1. The van der Waals surface area contributed by atoms with E-state index in [0.29, 0.717) is 17.6 Å². The molecular weight excluding hydrogens is 348 g/mol. The van der Waals surface area contributed by atoms with Gasteiger partial charge in [0.25, 0.3) is 0 Å². The third kappa shape index (κ3) is 3.62. The minimum absolute atomic E-state index is 0.0421. The molecule has 3 rings (SSSR count). The van der Waals surface area contributed by atoms with Crippen LogP contribution < -0.4 is 5.32 Å². The van der Waals surface area contributed by atoms with Crippen molar-refractivity contribution in [3.8, 4) is 0 Å². The van der Waals surface area contributed by atoms with Crippen LogP contribution in [0.2, 0.25) is 0 Å². The molecule has 7 heteroatoms. The van der Waals surface area contributed by atoms with Crippen molar-refractivity contribution in [2.24, 2.45) is 10.4 Å². The zero-order valence-electron chi connectivity index (χ0n) is 16.6. The van der Waals surface area contributed by atoms with Gasteiger partial charge in [0.1, 0.15) is 11.1 Å². The number of ether oxygens (including phenoxy) is 2. The number of nitrogens with one attached hydrogen (secondary N) is 1. The molecule has 26 heavy (non-hydrogen) atoms. The van der Waals surface area contributed by atoms with Crippen LogP contribution in [-0.4, -0.2) is 55.8 Å². The Morgan fingerprint density at radius 3 is 2.88 bits per heavy atom. The predicted molar refractivity (Wildman–Crippen MR) is 106 cm³/mol. The quantitative estimate of drug-likeness (QED) is 0.581. The second kappa shape index (κ2) is 8.23. The Balaban J connectivity index is 1.58. The second-order valence-electron chi connectivity index (χ2n) is 7.42. The van der Waals surface area contributed by atoms with Crippen molar-refractivity contribution in [2.45, 2.75) is 64.3 Å². The van der Waals surface area contributed by atoms with Crippen LogP contribution in [0.3, 0.4) is 0 Å². The van der Waals surface area contributed by atoms with Crippen LogP contribution in [0.25, 0.3) is 0 Å². The first-order chi connectivity index (χ1) is 12.5. The number of aromatic nitrogens is 1. The van der Waals surface area contributed by atoms with Gasteiger partial charge in [-0.3, -0.25) is 4.99 Å². The second-order valence-corrected chi connectivity index (χ2v) is 8.31. The Hall–Kier alpha value is -1.18. The van der Waals surface area contributed by atoms with Gasteiger partial charge in [-0.05, 0) is 33.1 Å². The van der Waals surface area contributed by atoms with Gasteiger partial charge in [-0.15, -0.1) is 11.3 Å². The molecule has 6 nitrogen and oxygen atoms in total. The van der Waals surface area contributed by atoms with E-state index in [0.717, 1.165) is 36.2 Å². The van der Waals surface area contributed by atoms with Crippen LogP contribution in [0.5, 0.6) is 0 Å². The molecule has 1 heterocycles. The van der Waals surface area contributed by atoms with Crippen LogP contribution in [0, 0.1) is 5.41 Å². The van der Waals surface area contributed by atoms with Gasteiger partial charge in [0.15, 0.2) is 5.96 Å². The van der Waals surface area contributed by atoms with E-state index < -0.39 is 0 Å². The first-order valence-electron chi connectivity index (χ1n) is 9.57. The summed E-state index contributed by atoms with van der Waals surface area (Å²) in [6.45, 7) is 5.66. The summed E-state index contributed by atoms with van der Waals surface area (Å²) in [6.07, 6.45) is 5.38. The first-order valence-corrected chi connectivity index (χ1v) is 10.4. The average molecular weight is 381 g/mol. The van der Waals surface area contributed by atoms with Crippen molar-refractivity contribution in [3.05, 3.63) is 16.1 Å². The standard InChI is InChI=1S/C19H32N4O2S/c1-6-25-16-10-15(19(16)8-7-9-19)22-18(20-3)23(4)11-14-12-26-17(21-14)13(2)24-5/h12-13,15-16H,6-11H2,1-5H3,(H,20,22). The van der Waals surface area contributed by atoms with Gasteiger partial charge < -0.3 is 19.7 Å². The van der Waals surface area contributed by atoms with Gasteiger partial charge in [-0.2, -0.15) is 0 Å². The van der Waals surface area contributed by atoms with E-state index in [1.54, 1.807) is 18.4 Å². The SMILES string of the molecule is CCOC1CC(NC(=NC)N(C)Cc2csc(C(C)OC)n2)C12CCC2. The molecule has 1 aromatic rings. The summed E-state index contributed by atoms with van der Waals surface area (Å²) in [7, 11) is 5.64. The Labute approximate surface area is 161 Å². The van der Waals surface area contributed by atoms with Gasteiger partial charge in [-0.25, -0.2) is 4.98 Å². The highest BCUT2D eigenvalue weighted by Crippen LogP contribution is 2.57. The first kappa shape index (κ1) is 19.6. The highest BCUT2D eigenvalue weighted by Gasteiger charge is 2.59. The zero-order valence-corrected chi connectivity index (χ0v) is 17.4. The third-order valence-electron chi connectivity index (χ3n) is 5.98. The van der Waals surface area contributed by atoms with Gasteiger partial charge in [0, 0.05) is 44.6 Å². The number of guanidine groups is 1. The smallest absolute Gasteiger partial charge is 0.193 e. The Kier molecular flexibility index (Phi) is 6.20. The van der Waals surface area contributed by atoms with E-state index in [2.05, 4.69) is 34.6 Å². The Morgan fingerprint density at radius 1 is 1.54 bits per heavy atom. The van der Waals surface area contributed by atoms with E-state index in [-0.39, 0.29) is 6.10 Å². The molecule has 0 aromatic carbocycles. The molecule has 1 aromatic heterocycles. The van der Waals surface area contributed by atoms with E-state index in [1.165, 1.54) is 19.3 Å². The van der Waals surface area contributed by atoms with Crippen molar-refractivity contribution in [2.75, 3.05) is 27.8 Å². The van der Waals surface area contributed by atoms with Gasteiger partial charge in [-0.1, -0.05) is 6.42 Å². The molecule has 2 saturated carbocycles. The van der Waals surface area contributed by atoms with Crippen LogP contribution in [-0.2, 0) is 16.0 Å². The average Bonchev–Trinajstić information content (AvgIpc) is 3.03. The predicted octanol–water partition coefficient (Wildman–Crippen LogP) is 3.21. The largest absolute Gasteiger partial charge is 0.378 e. The summed E-state index contributed by atoms with van der Waals surface area (Å²) in [6, 6.07) is 0.466. The molecule has 2 aliphatic carbocycles. The Bertz CT molecular complexity index is 629. The molecule has 0 amide bonds. The van der Waals surface area contributed by atoms with Gasteiger partial charge in [0.2, 0.25) is 0 Å². The lowest BCUT2D eigenvalue weighted by Crippen LogP contribution is -2.68. The van der Waals surface area contributed by atoms with Crippen LogP contribution in [0.15, 0.2) is 10.4 Å². The molecule has 3 unspecified atom stereocenters. The van der Waals surface area contributed by atoms with Crippen molar-refractivity contribution in [1.82, 2.24) is 15.2 Å². The molecule has 146 valence electrons. The number of thiazole rings is 1. The molecule has 1 N–H and O–H groups in total. The summed E-state index contributed by atoms with van der Waals surface area (Å²) >= 11 is 1.65. The van der Waals surface area contributed by atoms with Crippen molar-refractivity contribution >= 4 is 17.3 Å².